The second kappa shape index (κ2) is 7.18. The summed E-state index contributed by atoms with van der Waals surface area (Å²) >= 11 is 0. The lowest BCUT2D eigenvalue weighted by Gasteiger charge is -2.25. The number of benzene rings is 2. The Hall–Kier alpha value is -2.49. The maximum absolute atomic E-state index is 12.7. The van der Waals surface area contributed by atoms with Gasteiger partial charge in [-0.15, -0.1) is 0 Å². The van der Waals surface area contributed by atoms with Crippen LogP contribution in [0.3, 0.4) is 0 Å². The van der Waals surface area contributed by atoms with Crippen molar-refractivity contribution < 1.29 is 14.3 Å². The molecule has 2 aromatic rings. The van der Waals surface area contributed by atoms with Gasteiger partial charge < -0.3 is 14.8 Å². The van der Waals surface area contributed by atoms with Crippen molar-refractivity contribution in [3.8, 4) is 11.5 Å². The van der Waals surface area contributed by atoms with Gasteiger partial charge in [-0.1, -0.05) is 26.0 Å². The van der Waals surface area contributed by atoms with Crippen LogP contribution in [0.4, 0.5) is 0 Å². The fourth-order valence-corrected chi connectivity index (χ4v) is 3.00. The SMILES string of the molecule is Cc1ccc(C(=O)N[C@@H](c2ccc3c(c2)OCCO3)C(C)C)cc1C. The Bertz CT molecular complexity index is 783. The van der Waals surface area contributed by atoms with Crippen molar-refractivity contribution in [1.82, 2.24) is 5.32 Å². The van der Waals surface area contributed by atoms with Gasteiger partial charge in [0.2, 0.25) is 0 Å². The summed E-state index contributed by atoms with van der Waals surface area (Å²) in [6, 6.07) is 11.6. The number of carbonyl (C=O) groups excluding carboxylic acids is 1. The van der Waals surface area contributed by atoms with Crippen LogP contribution in [0.5, 0.6) is 11.5 Å². The first-order chi connectivity index (χ1) is 12.0. The minimum absolute atomic E-state index is 0.0586. The predicted molar refractivity (Wildman–Crippen MR) is 98.4 cm³/mol. The summed E-state index contributed by atoms with van der Waals surface area (Å²) in [6.07, 6.45) is 0. The first-order valence-electron chi connectivity index (χ1n) is 8.73. The molecule has 1 atom stereocenters. The summed E-state index contributed by atoms with van der Waals surface area (Å²) in [5, 5.41) is 3.17. The number of amides is 1. The Kier molecular flexibility index (Phi) is 4.98. The standard InChI is InChI=1S/C21H25NO3/c1-13(2)20(16-7-8-18-19(12-16)25-10-9-24-18)22-21(23)17-6-5-14(3)15(4)11-17/h5-8,11-13,20H,9-10H2,1-4H3,(H,22,23)/t20-/m1/s1. The number of aryl methyl sites for hydroxylation is 2. The fraction of sp³-hybridized carbons (Fsp3) is 0.381. The molecule has 1 amide bonds. The van der Waals surface area contributed by atoms with Gasteiger partial charge in [-0.25, -0.2) is 0 Å². The summed E-state index contributed by atoms with van der Waals surface area (Å²) in [6.45, 7) is 9.39. The fourth-order valence-electron chi connectivity index (χ4n) is 3.00. The van der Waals surface area contributed by atoms with Crippen molar-refractivity contribution in [1.29, 1.82) is 0 Å². The van der Waals surface area contributed by atoms with Crippen molar-refractivity contribution in [2.24, 2.45) is 5.92 Å². The number of carbonyl (C=O) groups is 1. The molecule has 2 aromatic carbocycles. The van der Waals surface area contributed by atoms with E-state index in [0.717, 1.165) is 22.6 Å². The third-order valence-electron chi connectivity index (χ3n) is 4.65. The molecule has 25 heavy (non-hydrogen) atoms. The first kappa shape index (κ1) is 17.3. The topological polar surface area (TPSA) is 47.6 Å². The van der Waals surface area contributed by atoms with Crippen LogP contribution < -0.4 is 14.8 Å². The molecule has 0 radical (unpaired) electrons. The maximum atomic E-state index is 12.7. The molecule has 0 unspecified atom stereocenters. The van der Waals surface area contributed by atoms with E-state index in [1.165, 1.54) is 5.56 Å². The van der Waals surface area contributed by atoms with Crippen molar-refractivity contribution in [2.45, 2.75) is 33.7 Å². The van der Waals surface area contributed by atoms with Gasteiger partial charge in [0.1, 0.15) is 13.2 Å². The minimum atomic E-state index is -0.0927. The molecule has 0 saturated carbocycles. The second-order valence-corrected chi connectivity index (χ2v) is 6.90. The molecule has 132 valence electrons. The van der Waals surface area contributed by atoms with E-state index in [9.17, 15) is 4.79 Å². The molecular formula is C21H25NO3. The van der Waals surface area contributed by atoms with Crippen LogP contribution in [-0.4, -0.2) is 19.1 Å². The molecule has 4 heteroatoms. The lowest BCUT2D eigenvalue weighted by Crippen LogP contribution is -2.32. The van der Waals surface area contributed by atoms with E-state index in [4.69, 9.17) is 9.47 Å². The molecule has 1 N–H and O–H groups in total. The van der Waals surface area contributed by atoms with Crippen molar-refractivity contribution in [3.05, 3.63) is 58.7 Å². The Morgan fingerprint density at radius 1 is 0.960 bits per heavy atom. The molecule has 0 saturated heterocycles. The highest BCUT2D eigenvalue weighted by atomic mass is 16.6. The van der Waals surface area contributed by atoms with E-state index >= 15 is 0 Å². The quantitative estimate of drug-likeness (QED) is 0.908. The van der Waals surface area contributed by atoms with Crippen molar-refractivity contribution in [2.75, 3.05) is 13.2 Å². The number of hydrogen-bond donors (Lipinski definition) is 1. The number of ether oxygens (including phenoxy) is 2. The summed E-state index contributed by atoms with van der Waals surface area (Å²) in [5.41, 5.74) is 4.01. The smallest absolute Gasteiger partial charge is 0.251 e. The molecule has 0 fully saturated rings. The third kappa shape index (κ3) is 3.78. The van der Waals surface area contributed by atoms with Crippen molar-refractivity contribution in [3.63, 3.8) is 0 Å². The van der Waals surface area contributed by atoms with E-state index in [2.05, 4.69) is 19.2 Å². The maximum Gasteiger partial charge on any atom is 0.251 e. The molecule has 0 aliphatic carbocycles. The highest BCUT2D eigenvalue weighted by molar-refractivity contribution is 5.94. The van der Waals surface area contributed by atoms with Gasteiger partial charge in [0.25, 0.3) is 5.91 Å². The molecule has 1 heterocycles. The van der Waals surface area contributed by atoms with E-state index in [0.29, 0.717) is 18.8 Å². The Morgan fingerprint density at radius 2 is 1.68 bits per heavy atom. The van der Waals surface area contributed by atoms with Crippen LogP contribution in [0.25, 0.3) is 0 Å². The summed E-state index contributed by atoms with van der Waals surface area (Å²) < 4.78 is 11.3. The van der Waals surface area contributed by atoms with Gasteiger partial charge in [-0.05, 0) is 60.7 Å². The molecule has 4 nitrogen and oxygen atoms in total. The number of hydrogen-bond acceptors (Lipinski definition) is 3. The van der Waals surface area contributed by atoms with Gasteiger partial charge in [0.15, 0.2) is 11.5 Å². The Balaban J connectivity index is 1.84. The van der Waals surface area contributed by atoms with Crippen LogP contribution >= 0.6 is 0 Å². The van der Waals surface area contributed by atoms with Crippen LogP contribution in [0, 0.1) is 19.8 Å². The molecule has 1 aliphatic heterocycles. The molecular weight excluding hydrogens is 314 g/mol. The Labute approximate surface area is 149 Å². The number of rotatable bonds is 4. The van der Waals surface area contributed by atoms with Gasteiger partial charge in [-0.2, -0.15) is 0 Å². The van der Waals surface area contributed by atoms with Crippen LogP contribution in [0.15, 0.2) is 36.4 Å². The van der Waals surface area contributed by atoms with Crippen LogP contribution in [-0.2, 0) is 0 Å². The van der Waals surface area contributed by atoms with E-state index in [1.807, 2.05) is 50.2 Å². The van der Waals surface area contributed by atoms with Gasteiger partial charge >= 0.3 is 0 Å². The average Bonchev–Trinajstić information content (AvgIpc) is 2.61. The third-order valence-corrected chi connectivity index (χ3v) is 4.65. The van der Waals surface area contributed by atoms with E-state index in [1.54, 1.807) is 0 Å². The highest BCUT2D eigenvalue weighted by Gasteiger charge is 2.22. The van der Waals surface area contributed by atoms with Crippen LogP contribution in [0.2, 0.25) is 0 Å². The second-order valence-electron chi connectivity index (χ2n) is 6.90. The zero-order chi connectivity index (χ0) is 18.0. The van der Waals surface area contributed by atoms with E-state index in [-0.39, 0.29) is 17.9 Å². The molecule has 0 bridgehead atoms. The molecule has 0 spiro atoms. The first-order valence-corrected chi connectivity index (χ1v) is 8.73. The molecule has 1 aliphatic rings. The number of fused-ring (bicyclic) bond motifs is 1. The van der Waals surface area contributed by atoms with Gasteiger partial charge in [0, 0.05) is 5.56 Å². The normalized spacial score (nSPS) is 14.3. The highest BCUT2D eigenvalue weighted by Crippen LogP contribution is 2.34. The monoisotopic (exact) mass is 339 g/mol. The minimum Gasteiger partial charge on any atom is -0.486 e. The lowest BCUT2D eigenvalue weighted by molar-refractivity contribution is 0.0925. The largest absolute Gasteiger partial charge is 0.486 e. The Morgan fingerprint density at radius 3 is 2.36 bits per heavy atom. The van der Waals surface area contributed by atoms with E-state index < -0.39 is 0 Å². The predicted octanol–water partition coefficient (Wildman–Crippen LogP) is 4.20. The molecule has 0 aromatic heterocycles. The van der Waals surface area contributed by atoms with Crippen molar-refractivity contribution >= 4 is 5.91 Å². The summed E-state index contributed by atoms with van der Waals surface area (Å²) in [5.74, 6) is 1.70. The zero-order valence-electron chi connectivity index (χ0n) is 15.3. The van der Waals surface area contributed by atoms with Gasteiger partial charge in [0.05, 0.1) is 6.04 Å². The zero-order valence-corrected chi connectivity index (χ0v) is 15.3. The average molecular weight is 339 g/mol. The summed E-state index contributed by atoms with van der Waals surface area (Å²) in [7, 11) is 0. The molecule has 3 rings (SSSR count). The van der Waals surface area contributed by atoms with Gasteiger partial charge in [-0.3, -0.25) is 4.79 Å². The van der Waals surface area contributed by atoms with Crippen LogP contribution in [0.1, 0.15) is 46.9 Å². The lowest BCUT2D eigenvalue weighted by atomic mass is 9.95. The summed E-state index contributed by atoms with van der Waals surface area (Å²) in [4.78, 5) is 12.7. The number of nitrogens with one attached hydrogen (secondary N) is 1.